The number of fused-ring (bicyclic) bond motifs is 1. The number of aryl methyl sites for hydroxylation is 1. The molecule has 0 amide bonds. The highest BCUT2D eigenvalue weighted by atomic mass is 16.3. The van der Waals surface area contributed by atoms with Gasteiger partial charge in [-0.2, -0.15) is 14.6 Å². The summed E-state index contributed by atoms with van der Waals surface area (Å²) in [6, 6.07) is 0. The first-order valence-corrected chi connectivity index (χ1v) is 4.12. The van der Waals surface area contributed by atoms with Crippen molar-refractivity contribution in [2.45, 2.75) is 20.3 Å². The third-order valence-corrected chi connectivity index (χ3v) is 2.06. The number of aromatic nitrogens is 4. The number of nitrogens with zero attached hydrogens (tertiary/aromatic N) is 4. The fourth-order valence-corrected chi connectivity index (χ4v) is 1.38. The number of aromatic hydroxyl groups is 1. The lowest BCUT2D eigenvalue weighted by atomic mass is 10.2. The van der Waals surface area contributed by atoms with E-state index >= 15 is 0 Å². The monoisotopic (exact) mass is 178 g/mol. The number of rotatable bonds is 1. The molecule has 2 rings (SSSR count). The molecule has 2 heterocycles. The lowest BCUT2D eigenvalue weighted by molar-refractivity contribution is 0.427. The van der Waals surface area contributed by atoms with Crippen molar-refractivity contribution < 1.29 is 5.11 Å². The molecule has 0 aliphatic rings. The van der Waals surface area contributed by atoms with Gasteiger partial charge in [0.1, 0.15) is 6.33 Å². The first kappa shape index (κ1) is 7.97. The number of hydrogen-bond acceptors (Lipinski definition) is 4. The summed E-state index contributed by atoms with van der Waals surface area (Å²) in [6.45, 7) is 3.82. The summed E-state index contributed by atoms with van der Waals surface area (Å²) in [5.74, 6) is 0.578. The van der Waals surface area contributed by atoms with Crippen molar-refractivity contribution in [1.82, 2.24) is 19.6 Å². The van der Waals surface area contributed by atoms with Crippen molar-refractivity contribution in [3.05, 3.63) is 17.6 Å². The molecule has 0 radical (unpaired) electrons. The Kier molecular flexibility index (Phi) is 1.65. The van der Waals surface area contributed by atoms with Crippen LogP contribution in [0.1, 0.15) is 18.2 Å². The van der Waals surface area contributed by atoms with Crippen LogP contribution in [0.4, 0.5) is 0 Å². The molecule has 0 fully saturated rings. The summed E-state index contributed by atoms with van der Waals surface area (Å²) in [7, 11) is 0. The van der Waals surface area contributed by atoms with Gasteiger partial charge in [0, 0.05) is 11.3 Å². The van der Waals surface area contributed by atoms with Crippen LogP contribution in [0.3, 0.4) is 0 Å². The highest BCUT2D eigenvalue weighted by Gasteiger charge is 2.10. The molecule has 0 spiro atoms. The molecule has 0 unspecified atom stereocenters. The van der Waals surface area contributed by atoms with Crippen molar-refractivity contribution in [3.8, 4) is 5.88 Å². The fourth-order valence-electron chi connectivity index (χ4n) is 1.38. The third kappa shape index (κ3) is 1.04. The molecule has 0 atom stereocenters. The Morgan fingerprint density at radius 3 is 3.00 bits per heavy atom. The maximum atomic E-state index is 9.74. The van der Waals surface area contributed by atoms with Crippen LogP contribution in [0.5, 0.6) is 5.88 Å². The molecule has 5 heteroatoms. The minimum atomic E-state index is 0.141. The molecule has 0 bridgehead atoms. The maximum absolute atomic E-state index is 9.74. The van der Waals surface area contributed by atoms with Gasteiger partial charge in [-0.25, -0.2) is 4.98 Å². The van der Waals surface area contributed by atoms with Crippen LogP contribution in [0.2, 0.25) is 0 Å². The zero-order valence-electron chi connectivity index (χ0n) is 7.52. The van der Waals surface area contributed by atoms with Crippen LogP contribution >= 0.6 is 0 Å². The van der Waals surface area contributed by atoms with Gasteiger partial charge in [0.15, 0.2) is 0 Å². The van der Waals surface area contributed by atoms with Gasteiger partial charge < -0.3 is 5.11 Å². The maximum Gasteiger partial charge on any atom is 0.255 e. The van der Waals surface area contributed by atoms with E-state index in [9.17, 15) is 5.11 Å². The molecule has 5 nitrogen and oxygen atoms in total. The second-order valence-electron chi connectivity index (χ2n) is 2.82. The summed E-state index contributed by atoms with van der Waals surface area (Å²) in [5.41, 5.74) is 1.62. The van der Waals surface area contributed by atoms with Crippen LogP contribution < -0.4 is 0 Å². The molecule has 0 aliphatic heterocycles. The van der Waals surface area contributed by atoms with Gasteiger partial charge in [-0.3, -0.25) is 0 Å². The molecule has 2 aromatic heterocycles. The molecule has 0 saturated carbocycles. The number of hydrogen-bond donors (Lipinski definition) is 1. The molecule has 68 valence electrons. The SMILES string of the molecule is CCc1c(C)nc2ncnn2c1O. The highest BCUT2D eigenvalue weighted by molar-refractivity contribution is 5.39. The van der Waals surface area contributed by atoms with Gasteiger partial charge in [0.25, 0.3) is 5.78 Å². The van der Waals surface area contributed by atoms with Crippen LogP contribution in [-0.4, -0.2) is 24.7 Å². The normalized spacial score (nSPS) is 10.9. The average Bonchev–Trinajstić information content (AvgIpc) is 2.53. The molecule has 0 aliphatic carbocycles. The third-order valence-electron chi connectivity index (χ3n) is 2.06. The smallest absolute Gasteiger partial charge is 0.255 e. The Morgan fingerprint density at radius 1 is 1.54 bits per heavy atom. The van der Waals surface area contributed by atoms with Crippen LogP contribution in [0.15, 0.2) is 6.33 Å². The average molecular weight is 178 g/mol. The summed E-state index contributed by atoms with van der Waals surface area (Å²) >= 11 is 0. The first-order chi connectivity index (χ1) is 6.24. The van der Waals surface area contributed by atoms with Gasteiger partial charge in [0.2, 0.25) is 5.88 Å². The topological polar surface area (TPSA) is 63.3 Å². The minimum absolute atomic E-state index is 0.141. The first-order valence-electron chi connectivity index (χ1n) is 4.12. The Hall–Kier alpha value is -1.65. The van der Waals surface area contributed by atoms with E-state index in [1.165, 1.54) is 10.8 Å². The predicted octanol–water partition coefficient (Wildman–Crippen LogP) is 0.701. The molecule has 0 aromatic carbocycles. The fraction of sp³-hybridized carbons (Fsp3) is 0.375. The van der Waals surface area contributed by atoms with E-state index in [1.807, 2.05) is 13.8 Å². The van der Waals surface area contributed by atoms with Gasteiger partial charge in [-0.15, -0.1) is 0 Å². The van der Waals surface area contributed by atoms with E-state index < -0.39 is 0 Å². The molecule has 2 aromatic rings. The van der Waals surface area contributed by atoms with Crippen LogP contribution in [-0.2, 0) is 6.42 Å². The molecule has 0 saturated heterocycles. The van der Waals surface area contributed by atoms with E-state index in [2.05, 4.69) is 15.1 Å². The van der Waals surface area contributed by atoms with Crippen molar-refractivity contribution in [2.75, 3.05) is 0 Å². The van der Waals surface area contributed by atoms with Crippen molar-refractivity contribution in [2.24, 2.45) is 0 Å². The summed E-state index contributed by atoms with van der Waals surface area (Å²) in [4.78, 5) is 8.09. The lowest BCUT2D eigenvalue weighted by Crippen LogP contribution is -2.00. The second kappa shape index (κ2) is 2.69. The van der Waals surface area contributed by atoms with E-state index in [0.717, 1.165) is 17.7 Å². The highest BCUT2D eigenvalue weighted by Crippen LogP contribution is 2.19. The predicted molar refractivity (Wildman–Crippen MR) is 46.6 cm³/mol. The Balaban J connectivity index is 2.85. The summed E-state index contributed by atoms with van der Waals surface area (Å²) in [5, 5.41) is 13.6. The minimum Gasteiger partial charge on any atom is -0.493 e. The van der Waals surface area contributed by atoms with Crippen molar-refractivity contribution >= 4 is 5.78 Å². The van der Waals surface area contributed by atoms with Crippen molar-refractivity contribution in [3.63, 3.8) is 0 Å². The molecule has 1 N–H and O–H groups in total. The van der Waals surface area contributed by atoms with Gasteiger partial charge in [0.05, 0.1) is 0 Å². The van der Waals surface area contributed by atoms with Crippen molar-refractivity contribution in [1.29, 1.82) is 0 Å². The largest absolute Gasteiger partial charge is 0.493 e. The van der Waals surface area contributed by atoms with Crippen LogP contribution in [0, 0.1) is 6.92 Å². The molecular formula is C8H10N4O. The summed E-state index contributed by atoms with van der Waals surface area (Å²) < 4.78 is 1.34. The Morgan fingerprint density at radius 2 is 2.31 bits per heavy atom. The zero-order valence-corrected chi connectivity index (χ0v) is 7.52. The van der Waals surface area contributed by atoms with Gasteiger partial charge >= 0.3 is 0 Å². The Bertz CT molecular complexity index is 449. The lowest BCUT2D eigenvalue weighted by Gasteiger charge is -2.05. The zero-order chi connectivity index (χ0) is 9.42. The van der Waals surface area contributed by atoms with Gasteiger partial charge in [-0.05, 0) is 13.3 Å². The van der Waals surface area contributed by atoms with E-state index in [4.69, 9.17) is 0 Å². The quantitative estimate of drug-likeness (QED) is 0.698. The molecular weight excluding hydrogens is 168 g/mol. The van der Waals surface area contributed by atoms with Gasteiger partial charge in [-0.1, -0.05) is 6.92 Å². The Labute approximate surface area is 75.1 Å². The van der Waals surface area contributed by atoms with E-state index in [-0.39, 0.29) is 5.88 Å². The van der Waals surface area contributed by atoms with E-state index in [0.29, 0.717) is 5.78 Å². The van der Waals surface area contributed by atoms with E-state index in [1.54, 1.807) is 0 Å². The molecule has 13 heavy (non-hydrogen) atoms. The summed E-state index contributed by atoms with van der Waals surface area (Å²) in [6.07, 6.45) is 2.11. The standard InChI is InChI=1S/C8H10N4O/c1-3-6-5(2)11-8-9-4-10-12(8)7(6)13/h4,13H,3H2,1-2H3. The van der Waals surface area contributed by atoms with Crippen LogP contribution in [0.25, 0.3) is 5.78 Å². The second-order valence-corrected chi connectivity index (χ2v) is 2.82.